The van der Waals surface area contributed by atoms with Crippen LogP contribution in [0.5, 0.6) is 11.5 Å². The van der Waals surface area contributed by atoms with Crippen LogP contribution in [0, 0.1) is 6.92 Å². The third-order valence-corrected chi connectivity index (χ3v) is 3.59. The molecule has 0 spiro atoms. The van der Waals surface area contributed by atoms with E-state index in [4.69, 9.17) is 21.7 Å². The Balaban J connectivity index is 2.82. The molecule has 0 heterocycles. The molecule has 0 aliphatic rings. The molecule has 0 aromatic heterocycles. The van der Waals surface area contributed by atoms with Crippen LogP contribution >= 0.6 is 12.2 Å². The minimum Gasteiger partial charge on any atom is -0.493 e. The van der Waals surface area contributed by atoms with Gasteiger partial charge in [-0.05, 0) is 49.3 Å². The lowest BCUT2D eigenvalue weighted by molar-refractivity contribution is 0.353. The summed E-state index contributed by atoms with van der Waals surface area (Å²) in [6, 6.07) is 3.97. The normalized spacial score (nSPS) is 9.95. The Kier molecular flexibility index (Phi) is 6.49. The Morgan fingerprint density at radius 1 is 1.29 bits per heavy atom. The van der Waals surface area contributed by atoms with E-state index < -0.39 is 0 Å². The van der Waals surface area contributed by atoms with Crippen LogP contribution in [0.4, 0.5) is 0 Å². The molecule has 0 unspecified atom stereocenters. The highest BCUT2D eigenvalue weighted by molar-refractivity contribution is 7.80. The zero-order valence-corrected chi connectivity index (χ0v) is 14.3. The fraction of sp³-hybridized carbons (Fsp3) is 0.438. The second-order valence-corrected chi connectivity index (χ2v) is 5.49. The number of rotatable bonds is 6. The third kappa shape index (κ3) is 4.93. The number of thiocarbonyl (C=S) groups is 1. The zero-order valence-electron chi connectivity index (χ0n) is 13.4. The van der Waals surface area contributed by atoms with E-state index in [0.717, 1.165) is 28.2 Å². The van der Waals surface area contributed by atoms with Crippen LogP contribution in [0.1, 0.15) is 18.1 Å². The third-order valence-electron chi connectivity index (χ3n) is 3.14. The van der Waals surface area contributed by atoms with Crippen molar-refractivity contribution in [3.8, 4) is 11.5 Å². The molecule has 0 atom stereocenters. The molecule has 0 aliphatic heterocycles. The van der Waals surface area contributed by atoms with Crippen molar-refractivity contribution in [2.75, 3.05) is 27.8 Å². The van der Waals surface area contributed by atoms with Crippen LogP contribution in [0.15, 0.2) is 24.3 Å². The lowest BCUT2D eigenvalue weighted by atomic mass is 10.1. The number of benzene rings is 1. The number of nitrogens with one attached hydrogen (secondary N) is 1. The highest BCUT2D eigenvalue weighted by Gasteiger charge is 2.11. The van der Waals surface area contributed by atoms with Crippen LogP contribution in [0.3, 0.4) is 0 Å². The highest BCUT2D eigenvalue weighted by Crippen LogP contribution is 2.30. The van der Waals surface area contributed by atoms with E-state index in [2.05, 4.69) is 18.8 Å². The van der Waals surface area contributed by atoms with Gasteiger partial charge in [-0.1, -0.05) is 12.2 Å². The van der Waals surface area contributed by atoms with Gasteiger partial charge in [0.15, 0.2) is 16.6 Å². The van der Waals surface area contributed by atoms with Crippen molar-refractivity contribution in [2.24, 2.45) is 0 Å². The van der Waals surface area contributed by atoms with E-state index >= 15 is 0 Å². The van der Waals surface area contributed by atoms with Gasteiger partial charge in [0, 0.05) is 20.1 Å². The number of hydrogen-bond acceptors (Lipinski definition) is 3. The summed E-state index contributed by atoms with van der Waals surface area (Å²) >= 11 is 5.37. The van der Waals surface area contributed by atoms with E-state index in [0.29, 0.717) is 18.2 Å². The summed E-state index contributed by atoms with van der Waals surface area (Å²) in [5.41, 5.74) is 3.34. The monoisotopic (exact) mass is 308 g/mol. The van der Waals surface area contributed by atoms with E-state index in [1.807, 2.05) is 31.0 Å². The summed E-state index contributed by atoms with van der Waals surface area (Å²) in [6.07, 6.45) is 0. The summed E-state index contributed by atoms with van der Waals surface area (Å²) < 4.78 is 10.7. The van der Waals surface area contributed by atoms with Crippen molar-refractivity contribution < 1.29 is 9.47 Å². The Bertz CT molecular complexity index is 529. The van der Waals surface area contributed by atoms with Gasteiger partial charge in [-0.25, -0.2) is 0 Å². The maximum absolute atomic E-state index is 5.37. The van der Waals surface area contributed by atoms with Gasteiger partial charge in [-0.15, -0.1) is 0 Å². The van der Waals surface area contributed by atoms with Crippen LogP contribution in [0.2, 0.25) is 0 Å². The summed E-state index contributed by atoms with van der Waals surface area (Å²) in [6.45, 7) is 9.26. The minimum absolute atomic E-state index is 0.689. The van der Waals surface area contributed by atoms with Crippen molar-refractivity contribution in [1.82, 2.24) is 10.2 Å². The molecule has 1 N–H and O–H groups in total. The maximum Gasteiger partial charge on any atom is 0.169 e. The molecule has 0 saturated carbocycles. The van der Waals surface area contributed by atoms with Crippen molar-refractivity contribution >= 4 is 17.3 Å². The standard InChI is InChI=1S/C16H24N2O2S/c1-11(2)9-17-16(21)18(4)10-13-8-15(20-6)14(19-5)7-12(13)3/h7-8H,1,9-10H2,2-6H3,(H,17,21). The summed E-state index contributed by atoms with van der Waals surface area (Å²) in [7, 11) is 5.24. The summed E-state index contributed by atoms with van der Waals surface area (Å²) in [5.74, 6) is 1.47. The molecule has 1 aromatic rings. The molecule has 0 aliphatic carbocycles. The molecule has 1 aromatic carbocycles. The van der Waals surface area contributed by atoms with Crippen LogP contribution in [-0.4, -0.2) is 37.8 Å². The highest BCUT2D eigenvalue weighted by atomic mass is 32.1. The molecule has 4 nitrogen and oxygen atoms in total. The van der Waals surface area contributed by atoms with Gasteiger partial charge in [-0.3, -0.25) is 0 Å². The van der Waals surface area contributed by atoms with Gasteiger partial charge in [0.05, 0.1) is 14.2 Å². The Labute approximate surface area is 132 Å². The quantitative estimate of drug-likeness (QED) is 0.645. The molecule has 0 bridgehead atoms. The Morgan fingerprint density at radius 2 is 1.86 bits per heavy atom. The predicted molar refractivity (Wildman–Crippen MR) is 91.2 cm³/mol. The Hall–Kier alpha value is -1.75. The topological polar surface area (TPSA) is 33.7 Å². The fourth-order valence-electron chi connectivity index (χ4n) is 1.88. The van der Waals surface area contributed by atoms with Crippen molar-refractivity contribution in [3.63, 3.8) is 0 Å². The van der Waals surface area contributed by atoms with E-state index in [9.17, 15) is 0 Å². The van der Waals surface area contributed by atoms with E-state index in [1.165, 1.54) is 0 Å². The maximum atomic E-state index is 5.37. The first-order valence-corrected chi connectivity index (χ1v) is 7.14. The first kappa shape index (κ1) is 17.3. The molecule has 0 saturated heterocycles. The number of aryl methyl sites for hydroxylation is 1. The SMILES string of the molecule is C=C(C)CNC(=S)N(C)Cc1cc(OC)c(OC)cc1C. The molecule has 5 heteroatoms. The number of nitrogens with zero attached hydrogens (tertiary/aromatic N) is 1. The number of hydrogen-bond donors (Lipinski definition) is 1. The molecular formula is C16H24N2O2S. The van der Waals surface area contributed by atoms with Gasteiger partial charge >= 0.3 is 0 Å². The summed E-state index contributed by atoms with van der Waals surface area (Å²) in [4.78, 5) is 1.99. The molecule has 1 rings (SSSR count). The largest absolute Gasteiger partial charge is 0.493 e. The first-order valence-electron chi connectivity index (χ1n) is 6.73. The minimum atomic E-state index is 0.689. The van der Waals surface area contributed by atoms with Crippen LogP contribution in [-0.2, 0) is 6.54 Å². The van der Waals surface area contributed by atoms with Gasteiger partial charge in [0.2, 0.25) is 0 Å². The van der Waals surface area contributed by atoms with E-state index in [1.54, 1.807) is 14.2 Å². The summed E-state index contributed by atoms with van der Waals surface area (Å²) in [5, 5.41) is 3.88. The smallest absolute Gasteiger partial charge is 0.169 e. The van der Waals surface area contributed by atoms with Crippen molar-refractivity contribution in [2.45, 2.75) is 20.4 Å². The molecular weight excluding hydrogens is 284 g/mol. The molecule has 21 heavy (non-hydrogen) atoms. The lowest BCUT2D eigenvalue weighted by Gasteiger charge is -2.23. The average Bonchev–Trinajstić information content (AvgIpc) is 2.45. The number of methoxy groups -OCH3 is 2. The zero-order chi connectivity index (χ0) is 16.0. The molecule has 116 valence electrons. The van der Waals surface area contributed by atoms with Gasteiger partial charge in [0.1, 0.15) is 0 Å². The van der Waals surface area contributed by atoms with Crippen LogP contribution in [0.25, 0.3) is 0 Å². The molecule has 0 radical (unpaired) electrons. The fourth-order valence-corrected chi connectivity index (χ4v) is 2.02. The second-order valence-electron chi connectivity index (χ2n) is 5.11. The number of ether oxygens (including phenoxy) is 2. The van der Waals surface area contributed by atoms with Gasteiger partial charge in [0.25, 0.3) is 0 Å². The average molecular weight is 308 g/mol. The van der Waals surface area contributed by atoms with Gasteiger partial charge in [-0.2, -0.15) is 0 Å². The predicted octanol–water partition coefficient (Wildman–Crippen LogP) is 2.89. The first-order chi connectivity index (χ1) is 9.88. The van der Waals surface area contributed by atoms with Gasteiger partial charge < -0.3 is 19.7 Å². The molecule has 0 amide bonds. The lowest BCUT2D eigenvalue weighted by Crippen LogP contribution is -2.37. The molecule has 0 fully saturated rings. The van der Waals surface area contributed by atoms with Crippen LogP contribution < -0.4 is 14.8 Å². The van der Waals surface area contributed by atoms with Crippen molar-refractivity contribution in [3.05, 3.63) is 35.4 Å². The van der Waals surface area contributed by atoms with Crippen molar-refractivity contribution in [1.29, 1.82) is 0 Å². The van der Waals surface area contributed by atoms with E-state index in [-0.39, 0.29) is 0 Å². The Morgan fingerprint density at radius 3 is 2.38 bits per heavy atom. The second kappa shape index (κ2) is 7.88.